The van der Waals surface area contributed by atoms with Crippen LogP contribution in [0.5, 0.6) is 0 Å². The van der Waals surface area contributed by atoms with Crippen molar-refractivity contribution >= 4 is 6.01 Å². The summed E-state index contributed by atoms with van der Waals surface area (Å²) in [6.07, 6.45) is 4.85. The van der Waals surface area contributed by atoms with E-state index in [1.54, 1.807) is 0 Å². The molecule has 2 heterocycles. The summed E-state index contributed by atoms with van der Waals surface area (Å²) in [6, 6.07) is 0.692. The Morgan fingerprint density at radius 2 is 2.22 bits per heavy atom. The minimum Gasteiger partial charge on any atom is -0.407 e. The van der Waals surface area contributed by atoms with E-state index < -0.39 is 0 Å². The smallest absolute Gasteiger partial charge is 0.318 e. The Morgan fingerprint density at radius 1 is 1.33 bits per heavy atom. The summed E-state index contributed by atoms with van der Waals surface area (Å²) in [5, 5.41) is 11.5. The molecule has 1 saturated heterocycles. The lowest BCUT2D eigenvalue weighted by atomic mass is 10.0. The van der Waals surface area contributed by atoms with Crippen molar-refractivity contribution in [2.75, 3.05) is 24.5 Å². The molecule has 0 bridgehead atoms. The minimum absolute atomic E-state index is 0.672. The third kappa shape index (κ3) is 3.70. The Balaban J connectivity index is 1.88. The fourth-order valence-corrected chi connectivity index (χ4v) is 2.27. The van der Waals surface area contributed by atoms with Gasteiger partial charge in [-0.2, -0.15) is 0 Å². The number of anilines is 1. The lowest BCUT2D eigenvalue weighted by molar-refractivity contribution is 0.460. The van der Waals surface area contributed by atoms with Crippen LogP contribution in [0.2, 0.25) is 0 Å². The highest BCUT2D eigenvalue weighted by Gasteiger charge is 2.18. The van der Waals surface area contributed by atoms with Crippen LogP contribution in [0.4, 0.5) is 6.01 Å². The standard InChI is InChI=1S/C13H24N4O/c1-3-7-14-10-12-15-16-13(18-12)17-8-4-5-11(2)6-9-17/h11,14H,3-10H2,1-2H3. The van der Waals surface area contributed by atoms with E-state index in [-0.39, 0.29) is 0 Å². The van der Waals surface area contributed by atoms with E-state index in [0.717, 1.165) is 32.0 Å². The molecule has 5 heteroatoms. The summed E-state index contributed by atoms with van der Waals surface area (Å²) in [5.41, 5.74) is 0. The van der Waals surface area contributed by atoms with Crippen LogP contribution in [0, 0.1) is 5.92 Å². The number of rotatable bonds is 5. The van der Waals surface area contributed by atoms with Crippen LogP contribution in [0.15, 0.2) is 4.42 Å². The van der Waals surface area contributed by atoms with Crippen LogP contribution in [0.3, 0.4) is 0 Å². The van der Waals surface area contributed by atoms with Crippen LogP contribution in [-0.2, 0) is 6.54 Å². The molecular formula is C13H24N4O. The van der Waals surface area contributed by atoms with E-state index in [4.69, 9.17) is 4.42 Å². The molecule has 18 heavy (non-hydrogen) atoms. The molecule has 0 radical (unpaired) electrons. The number of nitrogens with one attached hydrogen (secondary N) is 1. The second-order valence-corrected chi connectivity index (χ2v) is 5.18. The van der Waals surface area contributed by atoms with Gasteiger partial charge in [-0.05, 0) is 38.1 Å². The zero-order chi connectivity index (χ0) is 12.8. The normalized spacial score (nSPS) is 21.0. The predicted octanol–water partition coefficient (Wildman–Crippen LogP) is 2.20. The molecule has 0 aliphatic carbocycles. The molecule has 1 aromatic rings. The Hall–Kier alpha value is -1.10. The van der Waals surface area contributed by atoms with Crippen LogP contribution in [0.1, 0.15) is 45.4 Å². The van der Waals surface area contributed by atoms with E-state index in [9.17, 15) is 0 Å². The average Bonchev–Trinajstić information content (AvgIpc) is 2.72. The molecule has 1 atom stereocenters. The van der Waals surface area contributed by atoms with E-state index in [1.165, 1.54) is 19.3 Å². The van der Waals surface area contributed by atoms with Crippen LogP contribution in [-0.4, -0.2) is 29.8 Å². The van der Waals surface area contributed by atoms with Gasteiger partial charge in [-0.15, -0.1) is 5.10 Å². The maximum atomic E-state index is 5.70. The van der Waals surface area contributed by atoms with Crippen molar-refractivity contribution in [1.82, 2.24) is 15.5 Å². The molecular weight excluding hydrogens is 228 g/mol. The molecule has 1 aromatic heterocycles. The molecule has 1 aliphatic rings. The van der Waals surface area contributed by atoms with Gasteiger partial charge < -0.3 is 14.6 Å². The molecule has 1 fully saturated rings. The van der Waals surface area contributed by atoms with Gasteiger partial charge in [0.1, 0.15) is 0 Å². The third-order valence-electron chi connectivity index (χ3n) is 3.45. The van der Waals surface area contributed by atoms with Gasteiger partial charge in [-0.3, -0.25) is 0 Å². The molecule has 1 aliphatic heterocycles. The first-order valence-electron chi connectivity index (χ1n) is 7.07. The fraction of sp³-hybridized carbons (Fsp3) is 0.846. The van der Waals surface area contributed by atoms with Gasteiger partial charge in [0, 0.05) is 13.1 Å². The second kappa shape index (κ2) is 6.73. The number of aromatic nitrogens is 2. The van der Waals surface area contributed by atoms with Gasteiger partial charge in [0.05, 0.1) is 6.54 Å². The molecule has 102 valence electrons. The Kier molecular flexibility index (Phi) is 4.99. The van der Waals surface area contributed by atoms with E-state index in [1.807, 2.05) is 0 Å². The highest BCUT2D eigenvalue weighted by atomic mass is 16.4. The zero-order valence-electron chi connectivity index (χ0n) is 11.5. The third-order valence-corrected chi connectivity index (χ3v) is 3.45. The second-order valence-electron chi connectivity index (χ2n) is 5.18. The van der Waals surface area contributed by atoms with Crippen molar-refractivity contribution < 1.29 is 4.42 Å². The van der Waals surface area contributed by atoms with Crippen molar-refractivity contribution in [3.63, 3.8) is 0 Å². The Labute approximate surface area is 109 Å². The fourth-order valence-electron chi connectivity index (χ4n) is 2.27. The van der Waals surface area contributed by atoms with Gasteiger partial charge in [0.25, 0.3) is 0 Å². The van der Waals surface area contributed by atoms with Crippen molar-refractivity contribution in [2.24, 2.45) is 5.92 Å². The van der Waals surface area contributed by atoms with E-state index >= 15 is 0 Å². The van der Waals surface area contributed by atoms with Gasteiger partial charge in [0.2, 0.25) is 5.89 Å². The highest BCUT2D eigenvalue weighted by Crippen LogP contribution is 2.21. The maximum absolute atomic E-state index is 5.70. The molecule has 1 unspecified atom stereocenters. The Bertz CT molecular complexity index is 353. The molecule has 0 amide bonds. The first-order chi connectivity index (χ1) is 8.79. The van der Waals surface area contributed by atoms with Crippen molar-refractivity contribution in [2.45, 2.75) is 46.1 Å². The molecule has 0 aromatic carbocycles. The number of nitrogens with zero attached hydrogens (tertiary/aromatic N) is 3. The van der Waals surface area contributed by atoms with E-state index in [2.05, 4.69) is 34.3 Å². The molecule has 5 nitrogen and oxygen atoms in total. The summed E-state index contributed by atoms with van der Waals surface area (Å²) in [7, 11) is 0. The predicted molar refractivity (Wildman–Crippen MR) is 71.5 cm³/mol. The maximum Gasteiger partial charge on any atom is 0.318 e. The number of hydrogen-bond donors (Lipinski definition) is 1. The van der Waals surface area contributed by atoms with Gasteiger partial charge in [-0.1, -0.05) is 18.9 Å². The molecule has 2 rings (SSSR count). The van der Waals surface area contributed by atoms with Crippen LogP contribution in [0.25, 0.3) is 0 Å². The van der Waals surface area contributed by atoms with Crippen molar-refractivity contribution in [3.05, 3.63) is 5.89 Å². The largest absolute Gasteiger partial charge is 0.407 e. The molecule has 0 spiro atoms. The Morgan fingerprint density at radius 3 is 3.06 bits per heavy atom. The van der Waals surface area contributed by atoms with Crippen molar-refractivity contribution in [1.29, 1.82) is 0 Å². The quantitative estimate of drug-likeness (QED) is 0.814. The molecule has 0 saturated carbocycles. The van der Waals surface area contributed by atoms with E-state index in [0.29, 0.717) is 18.5 Å². The van der Waals surface area contributed by atoms with Gasteiger partial charge >= 0.3 is 6.01 Å². The topological polar surface area (TPSA) is 54.2 Å². The first kappa shape index (κ1) is 13.3. The first-order valence-corrected chi connectivity index (χ1v) is 7.07. The van der Waals surface area contributed by atoms with Crippen molar-refractivity contribution in [3.8, 4) is 0 Å². The van der Waals surface area contributed by atoms with Crippen LogP contribution >= 0.6 is 0 Å². The minimum atomic E-state index is 0.672. The number of hydrogen-bond acceptors (Lipinski definition) is 5. The monoisotopic (exact) mass is 252 g/mol. The summed E-state index contributed by atoms with van der Waals surface area (Å²) >= 11 is 0. The molecule has 1 N–H and O–H groups in total. The zero-order valence-corrected chi connectivity index (χ0v) is 11.5. The van der Waals surface area contributed by atoms with Gasteiger partial charge in [0.15, 0.2) is 0 Å². The summed E-state index contributed by atoms with van der Waals surface area (Å²) in [6.45, 7) is 8.19. The van der Waals surface area contributed by atoms with Crippen LogP contribution < -0.4 is 10.2 Å². The lowest BCUT2D eigenvalue weighted by Gasteiger charge is -2.16. The summed E-state index contributed by atoms with van der Waals surface area (Å²) in [5.74, 6) is 1.50. The lowest BCUT2D eigenvalue weighted by Crippen LogP contribution is -2.24. The van der Waals surface area contributed by atoms with Gasteiger partial charge in [-0.25, -0.2) is 0 Å². The average molecular weight is 252 g/mol. The SMILES string of the molecule is CCCNCc1nnc(N2CCCC(C)CC2)o1. The summed E-state index contributed by atoms with van der Waals surface area (Å²) < 4.78 is 5.70. The highest BCUT2D eigenvalue weighted by molar-refractivity contribution is 5.24. The summed E-state index contributed by atoms with van der Waals surface area (Å²) in [4.78, 5) is 2.22.